The van der Waals surface area contributed by atoms with Gasteiger partial charge in [-0.05, 0) is 56.4 Å². The van der Waals surface area contributed by atoms with Crippen molar-refractivity contribution in [1.29, 1.82) is 0 Å². The van der Waals surface area contributed by atoms with E-state index >= 15 is 0 Å². The predicted molar refractivity (Wildman–Crippen MR) is 114 cm³/mol. The average molecular weight is 346 g/mol. The molecule has 0 aliphatic heterocycles. The molecule has 1 heteroatoms. The van der Waals surface area contributed by atoms with E-state index in [1.54, 1.807) is 0 Å². The molecule has 0 atom stereocenters. The Kier molecular flexibility index (Phi) is 3.65. The molecule has 0 aromatic heterocycles. The Bertz CT molecular complexity index is 1280. The minimum absolute atomic E-state index is 0.307. The smallest absolute Gasteiger partial charge is 0.124 e. The van der Waals surface area contributed by atoms with Gasteiger partial charge in [0.25, 0.3) is 0 Å². The number of hydrogen-bond donors (Lipinski definition) is 1. The molecule has 128 valence electrons. The van der Waals surface area contributed by atoms with Crippen LogP contribution in [0.25, 0.3) is 43.8 Å². The molecule has 5 rings (SSSR count). The fourth-order valence-corrected chi connectivity index (χ4v) is 3.77. The summed E-state index contributed by atoms with van der Waals surface area (Å²) < 4.78 is 0. The number of phenols is 1. The number of rotatable bonds is 2. The van der Waals surface area contributed by atoms with Gasteiger partial charge in [-0.15, -0.1) is 0 Å². The first-order valence-electron chi connectivity index (χ1n) is 9.10. The molecule has 0 unspecified atom stereocenters. The van der Waals surface area contributed by atoms with Crippen LogP contribution < -0.4 is 0 Å². The van der Waals surface area contributed by atoms with Gasteiger partial charge in [-0.2, -0.15) is 0 Å². The summed E-state index contributed by atoms with van der Waals surface area (Å²) in [5.41, 5.74) is 4.17. The number of phenolic OH excluding ortho intramolecular Hbond substituents is 1. The lowest BCUT2D eigenvalue weighted by Crippen LogP contribution is -1.87. The van der Waals surface area contributed by atoms with Crippen LogP contribution in [-0.2, 0) is 0 Å². The molecule has 1 nitrogen and oxygen atoms in total. The van der Waals surface area contributed by atoms with Gasteiger partial charge in [0.2, 0.25) is 0 Å². The van der Waals surface area contributed by atoms with E-state index in [-0.39, 0.29) is 0 Å². The average Bonchev–Trinajstić information content (AvgIpc) is 2.73. The SMILES string of the molecule is Oc1cc2ccccc2cc1-c1ccccc1-c1ccc2ccccc2c1. The van der Waals surface area contributed by atoms with Crippen molar-refractivity contribution in [3.8, 4) is 28.0 Å². The van der Waals surface area contributed by atoms with Crippen LogP contribution in [0.1, 0.15) is 0 Å². The number of fused-ring (bicyclic) bond motifs is 2. The monoisotopic (exact) mass is 346 g/mol. The van der Waals surface area contributed by atoms with E-state index in [1.807, 2.05) is 36.4 Å². The van der Waals surface area contributed by atoms with E-state index in [4.69, 9.17) is 0 Å². The van der Waals surface area contributed by atoms with Crippen LogP contribution in [0.3, 0.4) is 0 Å². The van der Waals surface area contributed by atoms with Gasteiger partial charge in [-0.25, -0.2) is 0 Å². The van der Waals surface area contributed by atoms with Crippen molar-refractivity contribution in [2.45, 2.75) is 0 Å². The van der Waals surface area contributed by atoms with Crippen molar-refractivity contribution in [3.63, 3.8) is 0 Å². The van der Waals surface area contributed by atoms with Gasteiger partial charge in [-0.3, -0.25) is 0 Å². The van der Waals surface area contributed by atoms with Crippen molar-refractivity contribution in [3.05, 3.63) is 103 Å². The minimum atomic E-state index is 0.307. The van der Waals surface area contributed by atoms with Crippen LogP contribution in [0, 0.1) is 0 Å². The molecular weight excluding hydrogens is 328 g/mol. The topological polar surface area (TPSA) is 20.2 Å². The largest absolute Gasteiger partial charge is 0.507 e. The molecule has 0 radical (unpaired) electrons. The highest BCUT2D eigenvalue weighted by Crippen LogP contribution is 2.39. The Balaban J connectivity index is 1.74. The van der Waals surface area contributed by atoms with Crippen molar-refractivity contribution in [1.82, 2.24) is 0 Å². The van der Waals surface area contributed by atoms with E-state index in [0.717, 1.165) is 33.0 Å². The van der Waals surface area contributed by atoms with Crippen LogP contribution >= 0.6 is 0 Å². The van der Waals surface area contributed by atoms with Gasteiger partial charge in [-0.1, -0.05) is 84.9 Å². The van der Waals surface area contributed by atoms with Crippen LogP contribution in [0.15, 0.2) is 103 Å². The number of benzene rings is 5. The first-order chi connectivity index (χ1) is 13.3. The van der Waals surface area contributed by atoms with Crippen molar-refractivity contribution >= 4 is 21.5 Å². The third-order valence-electron chi connectivity index (χ3n) is 5.14. The quantitative estimate of drug-likeness (QED) is 0.364. The van der Waals surface area contributed by atoms with Crippen molar-refractivity contribution in [2.75, 3.05) is 0 Å². The molecule has 5 aromatic rings. The Hall–Kier alpha value is -3.58. The summed E-state index contributed by atoms with van der Waals surface area (Å²) in [4.78, 5) is 0. The first kappa shape index (κ1) is 15.7. The fraction of sp³-hybridized carbons (Fsp3) is 0. The summed E-state index contributed by atoms with van der Waals surface area (Å²) in [6, 6.07) is 35.2. The van der Waals surface area contributed by atoms with Crippen molar-refractivity contribution < 1.29 is 5.11 Å². The normalized spacial score (nSPS) is 11.1. The summed E-state index contributed by atoms with van der Waals surface area (Å²) in [6.45, 7) is 0. The lowest BCUT2D eigenvalue weighted by Gasteiger charge is -2.13. The summed E-state index contributed by atoms with van der Waals surface area (Å²) >= 11 is 0. The maximum absolute atomic E-state index is 10.7. The zero-order valence-electron chi connectivity index (χ0n) is 14.8. The van der Waals surface area contributed by atoms with Gasteiger partial charge in [0.1, 0.15) is 5.75 Å². The van der Waals surface area contributed by atoms with Gasteiger partial charge in [0.15, 0.2) is 0 Å². The van der Waals surface area contributed by atoms with E-state index in [9.17, 15) is 5.11 Å². The molecule has 0 saturated heterocycles. The Morgan fingerprint density at radius 2 is 0.963 bits per heavy atom. The highest BCUT2D eigenvalue weighted by Gasteiger charge is 2.12. The lowest BCUT2D eigenvalue weighted by atomic mass is 9.91. The summed E-state index contributed by atoms with van der Waals surface area (Å²) in [5.74, 6) is 0.307. The molecule has 0 spiro atoms. The predicted octanol–water partition coefficient (Wildman–Crippen LogP) is 7.03. The molecule has 1 N–H and O–H groups in total. The van der Waals surface area contributed by atoms with Gasteiger partial charge in [0.05, 0.1) is 0 Å². The molecule has 0 fully saturated rings. The van der Waals surface area contributed by atoms with E-state index in [0.29, 0.717) is 5.75 Å². The third-order valence-corrected chi connectivity index (χ3v) is 5.14. The maximum Gasteiger partial charge on any atom is 0.124 e. The molecule has 0 aliphatic rings. The lowest BCUT2D eigenvalue weighted by molar-refractivity contribution is 0.478. The van der Waals surface area contributed by atoms with Crippen LogP contribution in [0.2, 0.25) is 0 Å². The van der Waals surface area contributed by atoms with Crippen LogP contribution in [-0.4, -0.2) is 5.11 Å². The summed E-state index contributed by atoms with van der Waals surface area (Å²) in [7, 11) is 0. The molecule has 0 aliphatic carbocycles. The number of hydrogen-bond acceptors (Lipinski definition) is 1. The second kappa shape index (κ2) is 6.30. The number of aromatic hydroxyl groups is 1. The summed E-state index contributed by atoms with van der Waals surface area (Å²) in [5, 5.41) is 15.3. The Morgan fingerprint density at radius 1 is 0.407 bits per heavy atom. The zero-order chi connectivity index (χ0) is 18.2. The standard InChI is InChI=1S/C26H18O/c27-26-17-21-10-4-3-9-20(21)16-25(26)24-12-6-5-11-23(24)22-14-13-18-7-1-2-8-19(18)15-22/h1-17,27H. The second-order valence-corrected chi connectivity index (χ2v) is 6.82. The van der Waals surface area contributed by atoms with Crippen LogP contribution in [0.4, 0.5) is 0 Å². The molecule has 0 saturated carbocycles. The Labute approximate surface area is 158 Å². The van der Waals surface area contributed by atoms with Gasteiger partial charge in [0, 0.05) is 5.56 Å². The van der Waals surface area contributed by atoms with E-state index in [1.165, 1.54) is 10.8 Å². The van der Waals surface area contributed by atoms with Crippen molar-refractivity contribution in [2.24, 2.45) is 0 Å². The van der Waals surface area contributed by atoms with E-state index in [2.05, 4.69) is 66.7 Å². The third kappa shape index (κ3) is 2.74. The highest BCUT2D eigenvalue weighted by molar-refractivity contribution is 5.96. The van der Waals surface area contributed by atoms with E-state index < -0.39 is 0 Å². The van der Waals surface area contributed by atoms with Crippen LogP contribution in [0.5, 0.6) is 5.75 Å². The Morgan fingerprint density at radius 3 is 1.70 bits per heavy atom. The maximum atomic E-state index is 10.7. The molecule has 27 heavy (non-hydrogen) atoms. The molecule has 5 aromatic carbocycles. The highest BCUT2D eigenvalue weighted by atomic mass is 16.3. The molecule has 0 amide bonds. The molecule has 0 bridgehead atoms. The second-order valence-electron chi connectivity index (χ2n) is 6.82. The summed E-state index contributed by atoms with van der Waals surface area (Å²) in [6.07, 6.45) is 0. The molecular formula is C26H18O. The fourth-order valence-electron chi connectivity index (χ4n) is 3.77. The minimum Gasteiger partial charge on any atom is -0.507 e. The van der Waals surface area contributed by atoms with Gasteiger partial charge >= 0.3 is 0 Å². The molecule has 0 heterocycles. The first-order valence-corrected chi connectivity index (χ1v) is 9.10. The van der Waals surface area contributed by atoms with Gasteiger partial charge < -0.3 is 5.11 Å². The zero-order valence-corrected chi connectivity index (χ0v) is 14.8.